The van der Waals surface area contributed by atoms with Crippen LogP contribution in [0.1, 0.15) is 36.3 Å². The molecule has 2 aromatic carbocycles. The Morgan fingerprint density at radius 2 is 1.91 bits per heavy atom. The van der Waals surface area contributed by atoms with Crippen molar-refractivity contribution in [3.63, 3.8) is 0 Å². The van der Waals surface area contributed by atoms with Crippen LogP contribution < -0.4 is 10.5 Å². The maximum Gasteiger partial charge on any atom is 0.161 e. The van der Waals surface area contributed by atoms with Crippen molar-refractivity contribution >= 4 is 5.78 Å². The third-order valence-corrected chi connectivity index (χ3v) is 5.85. The summed E-state index contributed by atoms with van der Waals surface area (Å²) in [5, 5.41) is 13.5. The highest BCUT2D eigenvalue weighted by molar-refractivity contribution is 5.99. The molecular weight excluding hydrogens is 407 g/mol. The molecule has 0 spiro atoms. The fraction of sp³-hybridized carbons (Fsp3) is 0.280. The zero-order valence-corrected chi connectivity index (χ0v) is 18.1. The number of nitrogens with zero attached hydrogens (tertiary/aromatic N) is 3. The number of nitrogens with two attached hydrogens (primary N) is 1. The molecule has 4 rings (SSSR count). The average molecular weight is 432 g/mol. The third-order valence-electron chi connectivity index (χ3n) is 5.85. The summed E-state index contributed by atoms with van der Waals surface area (Å²) in [5.41, 5.74) is 9.52. The summed E-state index contributed by atoms with van der Waals surface area (Å²) in [6, 6.07) is 15.9. The van der Waals surface area contributed by atoms with E-state index in [2.05, 4.69) is 6.07 Å². The van der Waals surface area contributed by atoms with Gasteiger partial charge < -0.3 is 10.5 Å². The topological polar surface area (TPSA) is 82.6 Å². The zero-order chi connectivity index (χ0) is 22.8. The summed E-state index contributed by atoms with van der Waals surface area (Å²) < 4.78 is 19.6. The van der Waals surface area contributed by atoms with Crippen LogP contribution in [0.4, 0.5) is 4.39 Å². The van der Waals surface area contributed by atoms with E-state index in [0.29, 0.717) is 34.7 Å². The number of ether oxygens (including phenoxy) is 1. The lowest BCUT2D eigenvalue weighted by Crippen LogP contribution is -2.45. The summed E-state index contributed by atoms with van der Waals surface area (Å²) in [5.74, 6) is 0.132. The molecule has 0 bridgehead atoms. The molecule has 6 nitrogen and oxygen atoms in total. The summed E-state index contributed by atoms with van der Waals surface area (Å²) in [4.78, 5) is 13.0. The van der Waals surface area contributed by atoms with Gasteiger partial charge in [0.15, 0.2) is 5.78 Å². The molecule has 2 aromatic rings. The van der Waals surface area contributed by atoms with Crippen molar-refractivity contribution < 1.29 is 13.9 Å². The van der Waals surface area contributed by atoms with Gasteiger partial charge in [-0.3, -0.25) is 9.80 Å². The smallest absolute Gasteiger partial charge is 0.161 e. The Labute approximate surface area is 187 Å². The number of hydrogen-bond donors (Lipinski definition) is 1. The first kappa shape index (κ1) is 21.6. The first-order chi connectivity index (χ1) is 15.4. The van der Waals surface area contributed by atoms with E-state index in [1.165, 1.54) is 6.07 Å². The Morgan fingerprint density at radius 3 is 2.56 bits per heavy atom. The first-order valence-corrected chi connectivity index (χ1v) is 10.5. The maximum absolute atomic E-state index is 13.8. The lowest BCUT2D eigenvalue weighted by Gasteiger charge is -2.42. The summed E-state index contributed by atoms with van der Waals surface area (Å²) in [6.07, 6.45) is 1.94. The third kappa shape index (κ3) is 3.85. The van der Waals surface area contributed by atoms with Crippen LogP contribution in [-0.4, -0.2) is 29.9 Å². The number of halogens is 1. The molecule has 1 aliphatic heterocycles. The number of hydrogen-bond acceptors (Lipinski definition) is 6. The Bertz CT molecular complexity index is 1150. The minimum absolute atomic E-state index is 0.0447. The van der Waals surface area contributed by atoms with Gasteiger partial charge in [-0.05, 0) is 36.6 Å². The second-order valence-electron chi connectivity index (χ2n) is 8.09. The van der Waals surface area contributed by atoms with Gasteiger partial charge in [0.05, 0.1) is 17.6 Å². The average Bonchev–Trinajstić information content (AvgIpc) is 2.78. The second-order valence-corrected chi connectivity index (χ2v) is 8.09. The van der Waals surface area contributed by atoms with Crippen LogP contribution >= 0.6 is 0 Å². The quantitative estimate of drug-likeness (QED) is 0.770. The lowest BCUT2D eigenvalue weighted by atomic mass is 9.76. The standard InChI is InChI=1S/C25H25FN4O2/c1-29(2)30-21-8-5-9-22(31)24(21)23(19(14-27)25(30)28)16-10-12-18(13-11-16)32-15-17-6-3-4-7-20(17)26/h3-4,6-7,10-13,23H,5,8-9,15,28H2,1-2H3. The molecule has 1 unspecified atom stereocenters. The van der Waals surface area contributed by atoms with Crippen LogP contribution in [0.3, 0.4) is 0 Å². The SMILES string of the molecule is CN(C)N1C(N)=C(C#N)C(c2ccc(OCc3ccccc3F)cc2)C2=C1CCCC2=O. The fourth-order valence-corrected chi connectivity index (χ4v) is 4.39. The highest BCUT2D eigenvalue weighted by atomic mass is 19.1. The molecule has 164 valence electrons. The van der Waals surface area contributed by atoms with E-state index in [1.54, 1.807) is 40.3 Å². The van der Waals surface area contributed by atoms with Crippen LogP contribution in [0.5, 0.6) is 5.75 Å². The molecule has 7 heteroatoms. The molecule has 1 aliphatic carbocycles. The number of carbonyl (C=O) groups excluding carboxylic acids is 1. The fourth-order valence-electron chi connectivity index (χ4n) is 4.39. The Hall–Kier alpha value is -3.63. The molecule has 0 fully saturated rings. The normalized spacial score (nSPS) is 18.7. The Kier molecular flexibility index (Phi) is 5.97. The van der Waals surface area contributed by atoms with Crippen molar-refractivity contribution in [3.05, 3.63) is 88.1 Å². The van der Waals surface area contributed by atoms with E-state index in [4.69, 9.17) is 10.5 Å². The van der Waals surface area contributed by atoms with E-state index in [1.807, 2.05) is 26.2 Å². The molecule has 1 heterocycles. The van der Waals surface area contributed by atoms with Crippen LogP contribution in [0, 0.1) is 17.1 Å². The maximum atomic E-state index is 13.8. The van der Waals surface area contributed by atoms with E-state index < -0.39 is 5.92 Å². The summed E-state index contributed by atoms with van der Waals surface area (Å²) in [6.45, 7) is 0.108. The monoisotopic (exact) mass is 432 g/mol. The number of benzene rings is 2. The number of hydrazine groups is 1. The molecule has 2 aliphatic rings. The van der Waals surface area contributed by atoms with Gasteiger partial charge in [0.25, 0.3) is 0 Å². The molecule has 1 atom stereocenters. The van der Waals surface area contributed by atoms with Crippen molar-refractivity contribution in [1.82, 2.24) is 10.0 Å². The predicted octanol–water partition coefficient (Wildman–Crippen LogP) is 3.98. The van der Waals surface area contributed by atoms with Gasteiger partial charge in [-0.1, -0.05) is 30.3 Å². The van der Waals surface area contributed by atoms with E-state index in [-0.39, 0.29) is 18.2 Å². The number of rotatable bonds is 5. The van der Waals surface area contributed by atoms with Gasteiger partial charge >= 0.3 is 0 Å². The van der Waals surface area contributed by atoms with E-state index in [9.17, 15) is 14.4 Å². The number of Topliss-reactive ketones (excluding diaryl/α,β-unsaturated/α-hetero) is 1. The summed E-state index contributed by atoms with van der Waals surface area (Å²) >= 11 is 0. The van der Waals surface area contributed by atoms with Gasteiger partial charge in [-0.2, -0.15) is 5.26 Å². The minimum atomic E-state index is -0.514. The minimum Gasteiger partial charge on any atom is -0.489 e. The molecule has 0 aromatic heterocycles. The van der Waals surface area contributed by atoms with Crippen molar-refractivity contribution in [1.29, 1.82) is 5.26 Å². The van der Waals surface area contributed by atoms with E-state index >= 15 is 0 Å². The van der Waals surface area contributed by atoms with Crippen molar-refractivity contribution in [3.8, 4) is 11.8 Å². The Balaban J connectivity index is 1.67. The van der Waals surface area contributed by atoms with Crippen molar-refractivity contribution in [2.75, 3.05) is 14.1 Å². The van der Waals surface area contributed by atoms with Gasteiger partial charge in [0, 0.05) is 37.3 Å². The largest absolute Gasteiger partial charge is 0.489 e. The van der Waals surface area contributed by atoms with Gasteiger partial charge in [-0.15, -0.1) is 0 Å². The van der Waals surface area contributed by atoms with Gasteiger partial charge in [0.2, 0.25) is 0 Å². The van der Waals surface area contributed by atoms with Crippen molar-refractivity contribution in [2.45, 2.75) is 31.8 Å². The molecule has 2 N–H and O–H groups in total. The number of ketones is 1. The molecule has 0 saturated carbocycles. The van der Waals surface area contributed by atoms with Gasteiger partial charge in [0.1, 0.15) is 24.0 Å². The second kappa shape index (κ2) is 8.85. The molecule has 32 heavy (non-hydrogen) atoms. The van der Waals surface area contributed by atoms with Crippen LogP contribution in [0.15, 0.2) is 71.2 Å². The molecule has 0 saturated heterocycles. The molecule has 0 amide bonds. The van der Waals surface area contributed by atoms with Crippen LogP contribution in [0.25, 0.3) is 0 Å². The molecule has 0 radical (unpaired) electrons. The highest BCUT2D eigenvalue weighted by Crippen LogP contribution is 2.45. The number of nitriles is 1. The first-order valence-electron chi connectivity index (χ1n) is 10.5. The summed E-state index contributed by atoms with van der Waals surface area (Å²) in [7, 11) is 3.68. The predicted molar refractivity (Wildman–Crippen MR) is 118 cm³/mol. The van der Waals surface area contributed by atoms with Crippen LogP contribution in [-0.2, 0) is 11.4 Å². The zero-order valence-electron chi connectivity index (χ0n) is 18.1. The van der Waals surface area contributed by atoms with Crippen molar-refractivity contribution in [2.24, 2.45) is 5.73 Å². The van der Waals surface area contributed by atoms with Crippen LogP contribution in [0.2, 0.25) is 0 Å². The highest BCUT2D eigenvalue weighted by Gasteiger charge is 2.40. The Morgan fingerprint density at radius 1 is 1.19 bits per heavy atom. The van der Waals surface area contributed by atoms with Gasteiger partial charge in [-0.25, -0.2) is 9.40 Å². The lowest BCUT2D eigenvalue weighted by molar-refractivity contribution is -0.116. The molecular formula is C25H25FN4O2. The number of allylic oxidation sites excluding steroid dienone is 3. The van der Waals surface area contributed by atoms with E-state index in [0.717, 1.165) is 24.1 Å². The number of carbonyl (C=O) groups is 1.